The summed E-state index contributed by atoms with van der Waals surface area (Å²) < 4.78 is 26.1. The summed E-state index contributed by atoms with van der Waals surface area (Å²) in [5.74, 6) is -3.16. The monoisotopic (exact) mass is 273 g/mol. The Morgan fingerprint density at radius 2 is 1.70 bits per heavy atom. The van der Waals surface area contributed by atoms with Crippen LogP contribution in [0.4, 0.5) is 14.5 Å². The predicted molar refractivity (Wildman–Crippen MR) is 68.3 cm³/mol. The zero-order valence-corrected chi connectivity index (χ0v) is 10.3. The van der Waals surface area contributed by atoms with Gasteiger partial charge in [-0.2, -0.15) is 0 Å². The minimum Gasteiger partial charge on any atom is -0.300 e. The van der Waals surface area contributed by atoms with Crippen LogP contribution in [0.2, 0.25) is 0 Å². The minimum atomic E-state index is -0.978. The first kappa shape index (κ1) is 12.5. The maximum atomic E-state index is 13.2. The average Bonchev–Trinajstić information content (AvgIpc) is 2.69. The van der Waals surface area contributed by atoms with Gasteiger partial charge in [-0.15, -0.1) is 0 Å². The smallest absolute Gasteiger partial charge is 0.299 e. The Labute approximate surface area is 113 Å². The topological polar surface area (TPSA) is 37.4 Å². The molecule has 0 atom stereocenters. The molecule has 0 saturated heterocycles. The zero-order valence-electron chi connectivity index (χ0n) is 10.3. The lowest BCUT2D eigenvalue weighted by Crippen LogP contribution is -2.29. The Morgan fingerprint density at radius 3 is 2.45 bits per heavy atom. The number of Topliss-reactive ketones (excluding diaryl/α,β-unsaturated/α-hetero) is 1. The van der Waals surface area contributed by atoms with Gasteiger partial charge in [-0.25, -0.2) is 8.78 Å². The van der Waals surface area contributed by atoms with E-state index in [4.69, 9.17) is 0 Å². The number of ketones is 1. The first-order chi connectivity index (χ1) is 9.58. The lowest BCUT2D eigenvalue weighted by atomic mass is 10.1. The van der Waals surface area contributed by atoms with Crippen molar-refractivity contribution in [3.8, 4) is 0 Å². The largest absolute Gasteiger partial charge is 0.300 e. The van der Waals surface area contributed by atoms with Crippen molar-refractivity contribution in [3.63, 3.8) is 0 Å². The number of carbonyl (C=O) groups excluding carboxylic acids is 2. The van der Waals surface area contributed by atoms with Gasteiger partial charge in [-0.3, -0.25) is 9.59 Å². The number of benzene rings is 2. The van der Waals surface area contributed by atoms with Crippen molar-refractivity contribution in [2.24, 2.45) is 0 Å². The van der Waals surface area contributed by atoms with E-state index in [0.29, 0.717) is 16.8 Å². The molecule has 0 unspecified atom stereocenters. The van der Waals surface area contributed by atoms with E-state index in [2.05, 4.69) is 0 Å². The Morgan fingerprint density at radius 1 is 0.950 bits per heavy atom. The van der Waals surface area contributed by atoms with Crippen LogP contribution in [0, 0.1) is 11.6 Å². The molecule has 1 aliphatic heterocycles. The van der Waals surface area contributed by atoms with Gasteiger partial charge >= 0.3 is 0 Å². The van der Waals surface area contributed by atoms with Crippen molar-refractivity contribution in [2.45, 2.75) is 6.54 Å². The van der Waals surface area contributed by atoms with Crippen molar-refractivity contribution in [3.05, 3.63) is 65.2 Å². The van der Waals surface area contributed by atoms with E-state index in [1.807, 2.05) is 0 Å². The van der Waals surface area contributed by atoms with E-state index < -0.39 is 23.3 Å². The molecule has 0 N–H and O–H groups in total. The number of rotatable bonds is 2. The Hall–Kier alpha value is -2.56. The molecule has 0 aromatic heterocycles. The van der Waals surface area contributed by atoms with Crippen LogP contribution in [0.25, 0.3) is 0 Å². The lowest BCUT2D eigenvalue weighted by molar-refractivity contribution is -0.114. The van der Waals surface area contributed by atoms with E-state index >= 15 is 0 Å². The van der Waals surface area contributed by atoms with Crippen LogP contribution in [-0.2, 0) is 11.3 Å². The van der Waals surface area contributed by atoms with Crippen LogP contribution < -0.4 is 4.90 Å². The quantitative estimate of drug-likeness (QED) is 0.789. The molecule has 0 saturated carbocycles. The molecule has 2 aromatic carbocycles. The SMILES string of the molecule is O=C1C(=O)N(Cc2ccc(F)c(F)c2)c2ccccc21. The zero-order chi connectivity index (χ0) is 14.3. The molecule has 1 heterocycles. The van der Waals surface area contributed by atoms with Crippen molar-refractivity contribution in [1.29, 1.82) is 0 Å². The molecule has 1 amide bonds. The average molecular weight is 273 g/mol. The summed E-state index contributed by atoms with van der Waals surface area (Å²) >= 11 is 0. The minimum absolute atomic E-state index is 0.0266. The number of fused-ring (bicyclic) bond motifs is 1. The Kier molecular flexibility index (Phi) is 2.82. The van der Waals surface area contributed by atoms with Gasteiger partial charge in [0.1, 0.15) is 0 Å². The summed E-state index contributed by atoms with van der Waals surface area (Å²) in [6.45, 7) is 0.0266. The number of amides is 1. The molecule has 2 aromatic rings. The second-order valence-electron chi connectivity index (χ2n) is 4.49. The second-order valence-corrected chi connectivity index (χ2v) is 4.49. The lowest BCUT2D eigenvalue weighted by Gasteiger charge is -2.16. The summed E-state index contributed by atoms with van der Waals surface area (Å²) in [5.41, 5.74) is 1.24. The maximum Gasteiger partial charge on any atom is 0.299 e. The maximum absolute atomic E-state index is 13.2. The van der Waals surface area contributed by atoms with E-state index in [1.54, 1.807) is 24.3 Å². The third-order valence-electron chi connectivity index (χ3n) is 3.20. The molecule has 100 valence electrons. The van der Waals surface area contributed by atoms with Crippen LogP contribution >= 0.6 is 0 Å². The summed E-state index contributed by atoms with van der Waals surface area (Å²) in [6.07, 6.45) is 0. The fourth-order valence-corrected chi connectivity index (χ4v) is 2.23. The number of carbonyl (C=O) groups is 2. The number of hydrogen-bond acceptors (Lipinski definition) is 2. The highest BCUT2D eigenvalue weighted by Gasteiger charge is 2.35. The first-order valence-electron chi connectivity index (χ1n) is 5.97. The van der Waals surface area contributed by atoms with E-state index in [-0.39, 0.29) is 6.54 Å². The van der Waals surface area contributed by atoms with Gasteiger partial charge in [0, 0.05) is 0 Å². The van der Waals surface area contributed by atoms with Crippen molar-refractivity contribution < 1.29 is 18.4 Å². The van der Waals surface area contributed by atoms with Crippen molar-refractivity contribution in [2.75, 3.05) is 4.90 Å². The number of halogens is 2. The molecule has 0 aliphatic carbocycles. The normalized spacial score (nSPS) is 13.8. The summed E-state index contributed by atoms with van der Waals surface area (Å²) in [6, 6.07) is 10.0. The van der Waals surface area contributed by atoms with E-state index in [1.165, 1.54) is 11.0 Å². The first-order valence-corrected chi connectivity index (χ1v) is 5.97. The number of para-hydroxylation sites is 1. The van der Waals surface area contributed by atoms with Gasteiger partial charge < -0.3 is 4.90 Å². The van der Waals surface area contributed by atoms with Gasteiger partial charge in [0.15, 0.2) is 11.6 Å². The fraction of sp³-hybridized carbons (Fsp3) is 0.0667. The van der Waals surface area contributed by atoms with Gasteiger partial charge in [-0.1, -0.05) is 18.2 Å². The molecule has 5 heteroatoms. The fourth-order valence-electron chi connectivity index (χ4n) is 2.23. The predicted octanol–water partition coefficient (Wildman–Crippen LogP) is 2.69. The Balaban J connectivity index is 1.97. The molecule has 0 spiro atoms. The van der Waals surface area contributed by atoms with Crippen LogP contribution in [0.1, 0.15) is 15.9 Å². The Bertz CT molecular complexity index is 728. The molecular weight excluding hydrogens is 264 g/mol. The highest BCUT2D eigenvalue weighted by molar-refractivity contribution is 6.52. The molecule has 20 heavy (non-hydrogen) atoms. The standard InChI is InChI=1S/C15H9F2NO2/c16-11-6-5-9(7-12(11)17)8-18-13-4-2-1-3-10(13)14(19)15(18)20/h1-7H,8H2. The van der Waals surface area contributed by atoms with Crippen molar-refractivity contribution in [1.82, 2.24) is 0 Å². The summed E-state index contributed by atoms with van der Waals surface area (Å²) in [7, 11) is 0. The summed E-state index contributed by atoms with van der Waals surface area (Å²) in [5, 5.41) is 0. The van der Waals surface area contributed by atoms with E-state index in [0.717, 1.165) is 12.1 Å². The second kappa shape index (κ2) is 4.52. The number of hydrogen-bond donors (Lipinski definition) is 0. The third kappa shape index (κ3) is 1.87. The van der Waals surface area contributed by atoms with Crippen LogP contribution in [0.5, 0.6) is 0 Å². The van der Waals surface area contributed by atoms with Gasteiger partial charge in [-0.05, 0) is 29.8 Å². The van der Waals surface area contributed by atoms with Gasteiger partial charge in [0.25, 0.3) is 11.7 Å². The van der Waals surface area contributed by atoms with Gasteiger partial charge in [0.2, 0.25) is 0 Å². The molecule has 0 bridgehead atoms. The van der Waals surface area contributed by atoms with Crippen LogP contribution in [-0.4, -0.2) is 11.7 Å². The highest BCUT2D eigenvalue weighted by atomic mass is 19.2. The molecule has 3 nitrogen and oxygen atoms in total. The number of nitrogens with zero attached hydrogens (tertiary/aromatic N) is 1. The summed E-state index contributed by atoms with van der Waals surface area (Å²) in [4.78, 5) is 25.0. The number of anilines is 1. The molecule has 3 rings (SSSR count). The molecule has 0 radical (unpaired) electrons. The van der Waals surface area contributed by atoms with Gasteiger partial charge in [0.05, 0.1) is 17.8 Å². The third-order valence-corrected chi connectivity index (χ3v) is 3.20. The highest BCUT2D eigenvalue weighted by Crippen LogP contribution is 2.30. The molecular formula is C15H9F2NO2. The molecule has 1 aliphatic rings. The van der Waals surface area contributed by atoms with Crippen molar-refractivity contribution >= 4 is 17.4 Å². The molecule has 0 fully saturated rings. The van der Waals surface area contributed by atoms with Crippen LogP contribution in [0.15, 0.2) is 42.5 Å². The van der Waals surface area contributed by atoms with E-state index in [9.17, 15) is 18.4 Å². The van der Waals surface area contributed by atoms with Crippen LogP contribution in [0.3, 0.4) is 0 Å².